The van der Waals surface area contributed by atoms with Gasteiger partial charge in [-0.05, 0) is 32.0 Å². The molecule has 2 nitrogen and oxygen atoms in total. The molecule has 0 aromatic heterocycles. The van der Waals surface area contributed by atoms with Crippen molar-refractivity contribution >= 4 is 33.3 Å². The summed E-state index contributed by atoms with van der Waals surface area (Å²) in [4.78, 5) is 11.6. The van der Waals surface area contributed by atoms with Crippen molar-refractivity contribution in [3.8, 4) is 5.75 Å². The van der Waals surface area contributed by atoms with Crippen LogP contribution in [0.5, 0.6) is 5.75 Å². The molecule has 0 aliphatic carbocycles. The van der Waals surface area contributed by atoms with Gasteiger partial charge in [-0.1, -0.05) is 15.9 Å². The van der Waals surface area contributed by atoms with E-state index in [1.165, 1.54) is 0 Å². The van der Waals surface area contributed by atoms with Crippen molar-refractivity contribution in [3.63, 3.8) is 0 Å². The van der Waals surface area contributed by atoms with Gasteiger partial charge in [0.25, 0.3) is 0 Å². The maximum absolute atomic E-state index is 11.8. The normalized spacial score (nSPS) is 12.2. The van der Waals surface area contributed by atoms with Crippen LogP contribution < -0.4 is 4.74 Å². The summed E-state index contributed by atoms with van der Waals surface area (Å²) in [6.45, 7) is 4.31. The third-order valence-corrected chi connectivity index (χ3v) is 2.85. The number of rotatable bonds is 5. The van der Waals surface area contributed by atoms with E-state index in [4.69, 9.17) is 16.3 Å². The second-order valence-electron chi connectivity index (χ2n) is 3.37. The van der Waals surface area contributed by atoms with Crippen molar-refractivity contribution in [3.05, 3.63) is 29.3 Å². The standard InChI is InChI=1S/C12H14BrClO2/c1-3-16-11-5-4-9(6-10(11)7-14)12(15)8(2)13/h4-6,8H,3,7H2,1-2H3. The molecular weight excluding hydrogens is 291 g/mol. The molecule has 0 N–H and O–H groups in total. The summed E-state index contributed by atoms with van der Waals surface area (Å²) in [7, 11) is 0. The molecule has 0 saturated carbocycles. The molecule has 1 unspecified atom stereocenters. The van der Waals surface area contributed by atoms with Crippen LogP contribution in [0.4, 0.5) is 0 Å². The van der Waals surface area contributed by atoms with E-state index in [2.05, 4.69) is 15.9 Å². The highest BCUT2D eigenvalue weighted by atomic mass is 79.9. The maximum Gasteiger partial charge on any atom is 0.176 e. The van der Waals surface area contributed by atoms with Crippen molar-refractivity contribution in [2.45, 2.75) is 24.6 Å². The molecular formula is C12H14BrClO2. The summed E-state index contributed by atoms with van der Waals surface area (Å²) in [5.74, 6) is 1.14. The number of halogens is 2. The topological polar surface area (TPSA) is 26.3 Å². The monoisotopic (exact) mass is 304 g/mol. The molecule has 0 fully saturated rings. The van der Waals surface area contributed by atoms with Gasteiger partial charge in [0, 0.05) is 11.1 Å². The fourth-order valence-electron chi connectivity index (χ4n) is 1.36. The number of carbonyl (C=O) groups is 1. The summed E-state index contributed by atoms with van der Waals surface area (Å²) in [5.41, 5.74) is 1.51. The van der Waals surface area contributed by atoms with Crippen LogP contribution in [-0.4, -0.2) is 17.2 Å². The highest BCUT2D eigenvalue weighted by Crippen LogP contribution is 2.23. The van der Waals surface area contributed by atoms with Crippen LogP contribution in [0.15, 0.2) is 18.2 Å². The third kappa shape index (κ3) is 3.22. The Morgan fingerprint density at radius 1 is 1.56 bits per heavy atom. The average molecular weight is 306 g/mol. The van der Waals surface area contributed by atoms with Gasteiger partial charge in [-0.15, -0.1) is 11.6 Å². The van der Waals surface area contributed by atoms with E-state index in [0.717, 1.165) is 11.3 Å². The fraction of sp³-hybridized carbons (Fsp3) is 0.417. The van der Waals surface area contributed by atoms with Gasteiger partial charge in [-0.3, -0.25) is 4.79 Å². The number of alkyl halides is 2. The molecule has 0 bridgehead atoms. The van der Waals surface area contributed by atoms with Crippen molar-refractivity contribution in [2.24, 2.45) is 0 Å². The van der Waals surface area contributed by atoms with Gasteiger partial charge in [-0.2, -0.15) is 0 Å². The molecule has 0 aliphatic rings. The van der Waals surface area contributed by atoms with Gasteiger partial charge in [0.05, 0.1) is 17.3 Å². The van der Waals surface area contributed by atoms with Crippen LogP contribution in [0.25, 0.3) is 0 Å². The molecule has 0 aliphatic heterocycles. The third-order valence-electron chi connectivity index (χ3n) is 2.15. The van der Waals surface area contributed by atoms with Crippen LogP contribution in [0, 0.1) is 0 Å². The molecule has 0 radical (unpaired) electrons. The number of ether oxygens (including phenoxy) is 1. The van der Waals surface area contributed by atoms with Crippen molar-refractivity contribution in [1.29, 1.82) is 0 Å². The Morgan fingerprint density at radius 3 is 2.75 bits per heavy atom. The van der Waals surface area contributed by atoms with E-state index in [-0.39, 0.29) is 10.6 Å². The Hall–Kier alpha value is -0.540. The van der Waals surface area contributed by atoms with Crippen LogP contribution in [0.1, 0.15) is 29.8 Å². The highest BCUT2D eigenvalue weighted by Gasteiger charge is 2.14. The molecule has 16 heavy (non-hydrogen) atoms. The molecule has 1 atom stereocenters. The first-order valence-corrected chi connectivity index (χ1v) is 6.55. The van der Waals surface area contributed by atoms with Crippen LogP contribution in [0.2, 0.25) is 0 Å². The van der Waals surface area contributed by atoms with Crippen LogP contribution in [-0.2, 0) is 5.88 Å². The van der Waals surface area contributed by atoms with E-state index in [0.29, 0.717) is 18.1 Å². The number of benzene rings is 1. The second-order valence-corrected chi connectivity index (χ2v) is 5.01. The van der Waals surface area contributed by atoms with E-state index in [1.807, 2.05) is 6.92 Å². The summed E-state index contributed by atoms with van der Waals surface area (Å²) in [6, 6.07) is 5.35. The first-order valence-electron chi connectivity index (χ1n) is 5.10. The zero-order valence-electron chi connectivity index (χ0n) is 9.30. The molecule has 0 heterocycles. The van der Waals surface area contributed by atoms with E-state index in [1.54, 1.807) is 25.1 Å². The van der Waals surface area contributed by atoms with Crippen molar-refractivity contribution < 1.29 is 9.53 Å². The van der Waals surface area contributed by atoms with Crippen molar-refractivity contribution in [2.75, 3.05) is 6.61 Å². The lowest BCUT2D eigenvalue weighted by Gasteiger charge is -2.10. The van der Waals surface area contributed by atoms with Crippen molar-refractivity contribution in [1.82, 2.24) is 0 Å². The predicted molar refractivity (Wildman–Crippen MR) is 69.9 cm³/mol. The summed E-state index contributed by atoms with van der Waals surface area (Å²) >= 11 is 9.08. The Kier molecular flexibility index (Phi) is 5.29. The molecule has 88 valence electrons. The predicted octanol–water partition coefficient (Wildman–Crippen LogP) is 3.79. The zero-order chi connectivity index (χ0) is 12.1. The second kappa shape index (κ2) is 6.26. The molecule has 0 spiro atoms. The Bertz CT molecular complexity index is 377. The largest absolute Gasteiger partial charge is 0.494 e. The van der Waals surface area contributed by atoms with Gasteiger partial charge in [0.2, 0.25) is 0 Å². The first kappa shape index (κ1) is 13.5. The average Bonchev–Trinajstić information content (AvgIpc) is 2.29. The van der Waals surface area contributed by atoms with E-state index >= 15 is 0 Å². The minimum Gasteiger partial charge on any atom is -0.494 e. The summed E-state index contributed by atoms with van der Waals surface area (Å²) in [5, 5.41) is 0. The minimum absolute atomic E-state index is 0.0504. The number of carbonyl (C=O) groups excluding carboxylic acids is 1. The summed E-state index contributed by atoms with van der Waals surface area (Å²) in [6.07, 6.45) is 0. The smallest absolute Gasteiger partial charge is 0.176 e. The minimum atomic E-state index is -0.186. The van der Waals surface area contributed by atoms with Gasteiger partial charge in [-0.25, -0.2) is 0 Å². The Labute approximate surface area is 109 Å². The number of hydrogen-bond acceptors (Lipinski definition) is 2. The molecule has 1 aromatic rings. The number of Topliss-reactive ketones (excluding diaryl/α,β-unsaturated/α-hetero) is 1. The van der Waals surface area contributed by atoms with Gasteiger partial charge < -0.3 is 4.74 Å². The molecule has 1 aromatic carbocycles. The van der Waals surface area contributed by atoms with Gasteiger partial charge in [0.15, 0.2) is 5.78 Å². The van der Waals surface area contributed by atoms with Crippen LogP contribution in [0.3, 0.4) is 0 Å². The quantitative estimate of drug-likeness (QED) is 0.611. The van der Waals surface area contributed by atoms with E-state index < -0.39 is 0 Å². The summed E-state index contributed by atoms with van der Waals surface area (Å²) < 4.78 is 5.42. The van der Waals surface area contributed by atoms with Gasteiger partial charge >= 0.3 is 0 Å². The first-order chi connectivity index (χ1) is 7.60. The Morgan fingerprint density at radius 2 is 2.25 bits per heavy atom. The number of hydrogen-bond donors (Lipinski definition) is 0. The maximum atomic E-state index is 11.8. The molecule has 1 rings (SSSR count). The molecule has 0 saturated heterocycles. The highest BCUT2D eigenvalue weighted by molar-refractivity contribution is 9.10. The SMILES string of the molecule is CCOc1ccc(C(=O)C(C)Br)cc1CCl. The lowest BCUT2D eigenvalue weighted by molar-refractivity contribution is 0.0995. The lowest BCUT2D eigenvalue weighted by Crippen LogP contribution is -2.10. The van der Waals surface area contributed by atoms with Gasteiger partial charge in [0.1, 0.15) is 5.75 Å². The zero-order valence-corrected chi connectivity index (χ0v) is 11.6. The Balaban J connectivity index is 3.03. The lowest BCUT2D eigenvalue weighted by atomic mass is 10.1. The van der Waals surface area contributed by atoms with Crippen LogP contribution >= 0.6 is 27.5 Å². The fourth-order valence-corrected chi connectivity index (χ4v) is 1.84. The number of ketones is 1. The molecule has 0 amide bonds. The van der Waals surface area contributed by atoms with E-state index in [9.17, 15) is 4.79 Å². The molecule has 4 heteroatoms.